The maximum absolute atomic E-state index is 15.2. The van der Waals surface area contributed by atoms with E-state index in [2.05, 4.69) is 176 Å². The standard InChI is InChI=1S/C60H39OP/c61-62(52-17-3-1-4-18-52,53-19-5-2-6-20-53)54-31-29-45-34-44(24-25-47(45)38-54)48-30-32-57-58(39-48)60(49-27-23-40-13-7-8-14-41(40)35-49)56-22-12-11-21-55(56)59(57)50-28-26-46-33-42-15-9-10-16-43(42)36-51(46)37-50/h1-39H. The highest BCUT2D eigenvalue weighted by atomic mass is 31.2. The van der Waals surface area contributed by atoms with Gasteiger partial charge in [-0.15, -0.1) is 0 Å². The molecule has 0 unspecified atom stereocenters. The van der Waals surface area contributed by atoms with Gasteiger partial charge in [0.1, 0.15) is 0 Å². The van der Waals surface area contributed by atoms with Crippen molar-refractivity contribution in [2.75, 3.05) is 0 Å². The van der Waals surface area contributed by atoms with Gasteiger partial charge in [0.15, 0.2) is 7.14 Å². The van der Waals surface area contributed by atoms with Crippen molar-refractivity contribution in [3.8, 4) is 33.4 Å². The highest BCUT2D eigenvalue weighted by Crippen LogP contribution is 2.47. The Labute approximate surface area is 360 Å². The average Bonchev–Trinajstić information content (AvgIpc) is 3.34. The smallest absolute Gasteiger partial charge is 0.171 e. The van der Waals surface area contributed by atoms with Crippen LogP contribution in [0.15, 0.2) is 237 Å². The maximum atomic E-state index is 15.2. The SMILES string of the molecule is O=P(c1ccccc1)(c1ccccc1)c1ccc2cc(-c3ccc4c(-c5ccc6cc7ccccc7cc6c5)c5ccccc5c(-c5ccc6ccccc6c5)c4c3)ccc2c1. The minimum Gasteiger partial charge on any atom is -0.309 e. The fourth-order valence-electron chi connectivity index (χ4n) is 9.75. The molecule has 0 radical (unpaired) electrons. The van der Waals surface area contributed by atoms with Gasteiger partial charge >= 0.3 is 0 Å². The van der Waals surface area contributed by atoms with E-state index < -0.39 is 7.14 Å². The largest absolute Gasteiger partial charge is 0.309 e. The van der Waals surface area contributed by atoms with Crippen molar-refractivity contribution < 1.29 is 4.57 Å². The van der Waals surface area contributed by atoms with Gasteiger partial charge in [0, 0.05) is 15.9 Å². The van der Waals surface area contributed by atoms with E-state index in [1.807, 2.05) is 60.7 Å². The fourth-order valence-corrected chi connectivity index (χ4v) is 12.4. The van der Waals surface area contributed by atoms with E-state index in [0.29, 0.717) is 0 Å². The molecule has 12 aromatic carbocycles. The van der Waals surface area contributed by atoms with Crippen LogP contribution >= 0.6 is 7.14 Å². The topological polar surface area (TPSA) is 17.1 Å². The summed E-state index contributed by atoms with van der Waals surface area (Å²) in [6.07, 6.45) is 0. The van der Waals surface area contributed by atoms with E-state index in [1.165, 1.54) is 76.1 Å². The number of hydrogen-bond donors (Lipinski definition) is 0. The molecule has 1 nitrogen and oxygen atoms in total. The maximum Gasteiger partial charge on any atom is 0.171 e. The molecule has 2 heteroatoms. The summed E-state index contributed by atoms with van der Waals surface area (Å²) in [7, 11) is -3.10. The Morgan fingerprint density at radius 3 is 1.27 bits per heavy atom. The van der Waals surface area contributed by atoms with Gasteiger partial charge in [0.05, 0.1) is 0 Å². The molecule has 0 heterocycles. The molecule has 12 aromatic rings. The second kappa shape index (κ2) is 14.6. The lowest BCUT2D eigenvalue weighted by Gasteiger charge is -2.20. The highest BCUT2D eigenvalue weighted by Gasteiger charge is 2.29. The van der Waals surface area contributed by atoms with Crippen molar-refractivity contribution in [3.63, 3.8) is 0 Å². The normalized spacial score (nSPS) is 11.9. The molecule has 0 bridgehead atoms. The van der Waals surface area contributed by atoms with Crippen LogP contribution in [0, 0.1) is 0 Å². The van der Waals surface area contributed by atoms with Gasteiger partial charge in [0.25, 0.3) is 0 Å². The van der Waals surface area contributed by atoms with Gasteiger partial charge < -0.3 is 4.57 Å². The van der Waals surface area contributed by atoms with Gasteiger partial charge in [-0.05, 0) is 140 Å². The summed E-state index contributed by atoms with van der Waals surface area (Å²) >= 11 is 0. The predicted molar refractivity (Wildman–Crippen MR) is 267 cm³/mol. The van der Waals surface area contributed by atoms with E-state index in [4.69, 9.17) is 0 Å². The zero-order chi connectivity index (χ0) is 41.2. The Balaban J connectivity index is 1.06. The molecule has 0 aromatic heterocycles. The van der Waals surface area contributed by atoms with Crippen LogP contribution in [0.2, 0.25) is 0 Å². The Hall–Kier alpha value is -7.57. The molecule has 290 valence electrons. The van der Waals surface area contributed by atoms with Crippen LogP contribution in [0.1, 0.15) is 0 Å². The van der Waals surface area contributed by atoms with E-state index >= 15 is 4.57 Å². The first-order chi connectivity index (χ1) is 30.6. The fraction of sp³-hybridized carbons (Fsp3) is 0. The van der Waals surface area contributed by atoms with Gasteiger partial charge in [-0.25, -0.2) is 0 Å². The van der Waals surface area contributed by atoms with Crippen LogP contribution < -0.4 is 15.9 Å². The van der Waals surface area contributed by atoms with Crippen LogP contribution in [0.4, 0.5) is 0 Å². The lowest BCUT2D eigenvalue weighted by Crippen LogP contribution is -2.24. The van der Waals surface area contributed by atoms with Gasteiger partial charge in [-0.1, -0.05) is 194 Å². The monoisotopic (exact) mass is 806 g/mol. The van der Waals surface area contributed by atoms with E-state index in [-0.39, 0.29) is 0 Å². The van der Waals surface area contributed by atoms with E-state index in [1.54, 1.807) is 0 Å². The summed E-state index contributed by atoms with van der Waals surface area (Å²) in [6.45, 7) is 0. The highest BCUT2D eigenvalue weighted by molar-refractivity contribution is 7.85. The van der Waals surface area contributed by atoms with Crippen molar-refractivity contribution in [2.45, 2.75) is 0 Å². The Morgan fingerprint density at radius 1 is 0.226 bits per heavy atom. The zero-order valence-corrected chi connectivity index (χ0v) is 34.8. The molecule has 62 heavy (non-hydrogen) atoms. The summed E-state index contributed by atoms with van der Waals surface area (Å²) in [5.41, 5.74) is 7.17. The second-order valence-electron chi connectivity index (χ2n) is 16.4. The van der Waals surface area contributed by atoms with Crippen molar-refractivity contribution in [1.82, 2.24) is 0 Å². The molecule has 0 N–H and O–H groups in total. The molecule has 0 amide bonds. The third-order valence-corrected chi connectivity index (χ3v) is 15.9. The summed E-state index contributed by atoms with van der Waals surface area (Å²) in [4.78, 5) is 0. The molecule has 0 aliphatic rings. The molecule has 12 rings (SSSR count). The van der Waals surface area contributed by atoms with Gasteiger partial charge in [-0.2, -0.15) is 0 Å². The molecular formula is C60H39OP. The lowest BCUT2D eigenvalue weighted by molar-refractivity contribution is 0.592. The minimum absolute atomic E-state index is 0.835. The van der Waals surface area contributed by atoms with Crippen LogP contribution in [0.5, 0.6) is 0 Å². The predicted octanol–water partition coefficient (Wildman–Crippen LogP) is 15.2. The first-order valence-electron chi connectivity index (χ1n) is 21.3. The Bertz CT molecular complexity index is 3730. The number of benzene rings is 12. The molecule has 0 aliphatic heterocycles. The van der Waals surface area contributed by atoms with Crippen LogP contribution in [0.25, 0.3) is 98.0 Å². The first-order valence-corrected chi connectivity index (χ1v) is 23.0. The Morgan fingerprint density at radius 2 is 0.613 bits per heavy atom. The third-order valence-electron chi connectivity index (χ3n) is 12.8. The van der Waals surface area contributed by atoms with Gasteiger partial charge in [-0.3, -0.25) is 0 Å². The summed E-state index contributed by atoms with van der Waals surface area (Å²) in [6, 6.07) is 84.5. The molecule has 0 atom stereocenters. The molecule has 0 saturated heterocycles. The quantitative estimate of drug-likeness (QED) is 0.121. The third kappa shape index (κ3) is 5.97. The Kier molecular flexibility index (Phi) is 8.52. The lowest BCUT2D eigenvalue weighted by atomic mass is 9.84. The molecule has 0 fully saturated rings. The average molecular weight is 807 g/mol. The molecule has 0 spiro atoms. The van der Waals surface area contributed by atoms with Crippen LogP contribution in [-0.2, 0) is 4.57 Å². The van der Waals surface area contributed by atoms with E-state index in [0.717, 1.165) is 37.8 Å². The number of fused-ring (bicyclic) bond motifs is 6. The second-order valence-corrected chi connectivity index (χ2v) is 19.2. The summed E-state index contributed by atoms with van der Waals surface area (Å²) in [5.74, 6) is 0. The zero-order valence-electron chi connectivity index (χ0n) is 33.9. The van der Waals surface area contributed by atoms with E-state index in [9.17, 15) is 0 Å². The summed E-state index contributed by atoms with van der Waals surface area (Å²) < 4.78 is 15.2. The number of hydrogen-bond acceptors (Lipinski definition) is 1. The van der Waals surface area contributed by atoms with Crippen molar-refractivity contribution in [3.05, 3.63) is 237 Å². The number of rotatable bonds is 6. The molecule has 0 aliphatic carbocycles. The molecule has 0 saturated carbocycles. The van der Waals surface area contributed by atoms with Gasteiger partial charge in [0.2, 0.25) is 0 Å². The van der Waals surface area contributed by atoms with Crippen molar-refractivity contribution >= 4 is 87.7 Å². The molecular weight excluding hydrogens is 768 g/mol. The van der Waals surface area contributed by atoms with Crippen molar-refractivity contribution in [1.29, 1.82) is 0 Å². The minimum atomic E-state index is -3.10. The summed E-state index contributed by atoms with van der Waals surface area (Å²) in [5, 5.41) is 17.0. The van der Waals surface area contributed by atoms with Crippen LogP contribution in [0.3, 0.4) is 0 Å². The van der Waals surface area contributed by atoms with Crippen molar-refractivity contribution in [2.24, 2.45) is 0 Å². The van der Waals surface area contributed by atoms with Crippen LogP contribution in [-0.4, -0.2) is 0 Å². The first kappa shape index (κ1) is 36.3.